The summed E-state index contributed by atoms with van der Waals surface area (Å²) in [5.74, 6) is 1.94. The Morgan fingerprint density at radius 2 is 2.03 bits per heavy atom. The number of anilines is 2. The van der Waals surface area contributed by atoms with E-state index in [1.165, 1.54) is 5.56 Å². The summed E-state index contributed by atoms with van der Waals surface area (Å²) in [5, 5.41) is 7.01. The second-order valence-electron chi connectivity index (χ2n) is 7.72. The lowest BCUT2D eigenvalue weighted by molar-refractivity contribution is 0.286. The second-order valence-corrected chi connectivity index (χ2v) is 8.13. The summed E-state index contributed by atoms with van der Waals surface area (Å²) < 4.78 is 13.6. The maximum absolute atomic E-state index is 5.93. The average Bonchev–Trinajstić information content (AvgIpc) is 3.21. The highest BCUT2D eigenvalue weighted by Gasteiger charge is 2.07. The van der Waals surface area contributed by atoms with Crippen molar-refractivity contribution in [1.29, 1.82) is 0 Å². The molecule has 0 aliphatic heterocycles. The van der Waals surface area contributed by atoms with Gasteiger partial charge in [0.15, 0.2) is 16.6 Å². The molecule has 176 valence electrons. The van der Waals surface area contributed by atoms with E-state index in [1.807, 2.05) is 49.8 Å². The van der Waals surface area contributed by atoms with Crippen LogP contribution in [0.2, 0.25) is 0 Å². The fourth-order valence-electron chi connectivity index (χ4n) is 3.38. The Labute approximate surface area is 200 Å². The highest BCUT2D eigenvalue weighted by molar-refractivity contribution is 7.80. The van der Waals surface area contributed by atoms with E-state index >= 15 is 0 Å². The highest BCUT2D eigenvalue weighted by Crippen LogP contribution is 2.30. The van der Waals surface area contributed by atoms with Gasteiger partial charge in [-0.25, -0.2) is 9.97 Å². The summed E-state index contributed by atoms with van der Waals surface area (Å²) in [6.07, 6.45) is 9.28. The number of nitrogen functional groups attached to an aromatic ring is 1. The van der Waals surface area contributed by atoms with E-state index in [9.17, 15) is 0 Å². The van der Waals surface area contributed by atoms with E-state index in [0.717, 1.165) is 50.2 Å². The Morgan fingerprint density at radius 1 is 1.15 bits per heavy atom. The molecule has 0 unspecified atom stereocenters. The van der Waals surface area contributed by atoms with Crippen LogP contribution in [0, 0.1) is 6.92 Å². The Bertz CT molecular complexity index is 1040. The molecule has 2 heterocycles. The summed E-state index contributed by atoms with van der Waals surface area (Å²) in [7, 11) is 1.63. The maximum atomic E-state index is 5.93. The molecular formula is C24H32N6O2S. The number of hydrogen-bond donors (Lipinski definition) is 3. The number of rotatable bonds is 12. The number of benzene rings is 1. The molecule has 0 radical (unpaired) electrons. The van der Waals surface area contributed by atoms with Crippen molar-refractivity contribution >= 4 is 28.8 Å². The molecular weight excluding hydrogens is 436 g/mol. The van der Waals surface area contributed by atoms with Crippen molar-refractivity contribution in [3.8, 4) is 11.5 Å². The number of nitrogens with one attached hydrogen (secondary N) is 2. The molecule has 1 aromatic carbocycles. The van der Waals surface area contributed by atoms with Gasteiger partial charge in [0.05, 0.1) is 20.0 Å². The van der Waals surface area contributed by atoms with E-state index in [1.54, 1.807) is 13.3 Å². The van der Waals surface area contributed by atoms with Crippen molar-refractivity contribution in [3.63, 3.8) is 0 Å². The number of pyridine rings is 1. The normalized spacial score (nSPS) is 10.6. The molecule has 0 fully saturated rings. The number of aryl methyl sites for hydroxylation is 3. The molecule has 9 heteroatoms. The minimum absolute atomic E-state index is 0.557. The summed E-state index contributed by atoms with van der Waals surface area (Å²) >= 11 is 5.41. The zero-order chi connectivity index (χ0) is 23.5. The van der Waals surface area contributed by atoms with Crippen LogP contribution in [0.25, 0.3) is 0 Å². The van der Waals surface area contributed by atoms with Crippen molar-refractivity contribution in [2.24, 2.45) is 0 Å². The molecule has 3 aromatic rings. The summed E-state index contributed by atoms with van der Waals surface area (Å²) in [4.78, 5) is 8.15. The number of nitrogens with two attached hydrogens (primary N) is 1. The molecule has 2 aromatic heterocycles. The van der Waals surface area contributed by atoms with Crippen molar-refractivity contribution < 1.29 is 9.47 Å². The fourth-order valence-corrected chi connectivity index (χ4v) is 3.60. The van der Waals surface area contributed by atoms with Crippen LogP contribution in [-0.2, 0) is 13.0 Å². The lowest BCUT2D eigenvalue weighted by Gasteiger charge is -2.14. The topological polar surface area (TPSA) is 99.2 Å². The Balaban J connectivity index is 1.38. The zero-order valence-electron chi connectivity index (χ0n) is 19.2. The summed E-state index contributed by atoms with van der Waals surface area (Å²) in [6.45, 7) is 4.33. The third-order valence-corrected chi connectivity index (χ3v) is 5.41. The quantitative estimate of drug-likeness (QED) is 0.271. The van der Waals surface area contributed by atoms with E-state index in [2.05, 4.69) is 25.2 Å². The average molecular weight is 469 g/mol. The Kier molecular flexibility index (Phi) is 9.31. The first-order chi connectivity index (χ1) is 16.0. The Hall–Kier alpha value is -3.33. The first kappa shape index (κ1) is 24.3. The van der Waals surface area contributed by atoms with Crippen LogP contribution in [0.4, 0.5) is 11.5 Å². The SMILES string of the molecule is COc1cc(NC(=S)NCCCn2cncc2C)ccc1OCCCCc1ccnc(N)c1. The van der Waals surface area contributed by atoms with Gasteiger partial charge in [-0.1, -0.05) is 0 Å². The third-order valence-electron chi connectivity index (χ3n) is 5.17. The van der Waals surface area contributed by atoms with Crippen LogP contribution >= 0.6 is 12.2 Å². The smallest absolute Gasteiger partial charge is 0.170 e. The van der Waals surface area contributed by atoms with Crippen molar-refractivity contribution in [2.45, 2.75) is 39.2 Å². The predicted octanol–water partition coefficient (Wildman–Crippen LogP) is 3.96. The molecule has 0 bridgehead atoms. The number of thiocarbonyl (C=S) groups is 1. The summed E-state index contributed by atoms with van der Waals surface area (Å²) in [6, 6.07) is 9.62. The van der Waals surface area contributed by atoms with Crippen molar-refractivity contribution in [1.82, 2.24) is 19.9 Å². The van der Waals surface area contributed by atoms with E-state index < -0.39 is 0 Å². The van der Waals surface area contributed by atoms with Crippen LogP contribution < -0.4 is 25.8 Å². The van der Waals surface area contributed by atoms with Gasteiger partial charge in [0.2, 0.25) is 0 Å². The molecule has 0 saturated heterocycles. The standard InChI is InChI=1S/C24H32N6O2S/c1-18-16-26-17-30(18)12-5-10-28-24(33)29-20-7-8-21(22(15-20)31-2)32-13-4-3-6-19-9-11-27-23(25)14-19/h7-9,11,14-17H,3-6,10,12-13H2,1-2H3,(H2,25,27)(H2,28,29,33). The van der Waals surface area contributed by atoms with Crippen molar-refractivity contribution in [3.05, 3.63) is 60.3 Å². The number of ether oxygens (including phenoxy) is 2. The molecule has 33 heavy (non-hydrogen) atoms. The first-order valence-corrected chi connectivity index (χ1v) is 11.5. The van der Waals surface area contributed by atoms with Gasteiger partial charge in [-0.15, -0.1) is 0 Å². The molecule has 8 nitrogen and oxygen atoms in total. The minimum atomic E-state index is 0.557. The van der Waals surface area contributed by atoms with Gasteiger partial charge in [-0.3, -0.25) is 0 Å². The van der Waals surface area contributed by atoms with Crippen LogP contribution in [0.1, 0.15) is 30.5 Å². The number of hydrogen-bond acceptors (Lipinski definition) is 6. The van der Waals surface area contributed by atoms with Gasteiger partial charge >= 0.3 is 0 Å². The van der Waals surface area contributed by atoms with Crippen LogP contribution in [0.3, 0.4) is 0 Å². The molecule has 0 amide bonds. The van der Waals surface area contributed by atoms with Crippen LogP contribution in [0.15, 0.2) is 49.1 Å². The lowest BCUT2D eigenvalue weighted by Crippen LogP contribution is -2.29. The lowest BCUT2D eigenvalue weighted by atomic mass is 10.1. The number of imidazole rings is 1. The molecule has 0 saturated carbocycles. The van der Waals surface area contributed by atoms with Gasteiger partial charge in [-0.05, 0) is 74.7 Å². The maximum Gasteiger partial charge on any atom is 0.170 e. The minimum Gasteiger partial charge on any atom is -0.493 e. The predicted molar refractivity (Wildman–Crippen MR) is 136 cm³/mol. The fraction of sp³-hybridized carbons (Fsp3) is 0.375. The molecule has 0 atom stereocenters. The number of unbranched alkanes of at least 4 members (excludes halogenated alkanes) is 1. The molecule has 0 spiro atoms. The molecule has 0 aliphatic carbocycles. The molecule has 4 N–H and O–H groups in total. The molecule has 3 rings (SSSR count). The van der Waals surface area contributed by atoms with E-state index in [0.29, 0.717) is 29.0 Å². The van der Waals surface area contributed by atoms with Crippen LogP contribution in [0.5, 0.6) is 11.5 Å². The largest absolute Gasteiger partial charge is 0.493 e. The second kappa shape index (κ2) is 12.6. The third kappa shape index (κ3) is 7.94. The van der Waals surface area contributed by atoms with E-state index in [-0.39, 0.29) is 0 Å². The van der Waals surface area contributed by atoms with E-state index in [4.69, 9.17) is 27.4 Å². The Morgan fingerprint density at radius 3 is 2.79 bits per heavy atom. The van der Waals surface area contributed by atoms with Crippen LogP contribution in [-0.4, -0.2) is 39.9 Å². The van der Waals surface area contributed by atoms with Gasteiger partial charge in [0.25, 0.3) is 0 Å². The number of aromatic nitrogens is 3. The summed E-state index contributed by atoms with van der Waals surface area (Å²) in [5.41, 5.74) is 8.92. The van der Waals surface area contributed by atoms with Gasteiger partial charge < -0.3 is 30.4 Å². The number of nitrogens with zero attached hydrogens (tertiary/aromatic N) is 3. The molecule has 0 aliphatic rings. The van der Waals surface area contributed by atoms with Gasteiger partial charge in [0, 0.05) is 42.9 Å². The van der Waals surface area contributed by atoms with Crippen molar-refractivity contribution in [2.75, 3.05) is 31.3 Å². The first-order valence-electron chi connectivity index (χ1n) is 11.1. The zero-order valence-corrected chi connectivity index (χ0v) is 20.0. The number of methoxy groups -OCH3 is 1. The highest BCUT2D eigenvalue weighted by atomic mass is 32.1. The monoisotopic (exact) mass is 468 g/mol. The van der Waals surface area contributed by atoms with Gasteiger partial charge in [-0.2, -0.15) is 0 Å². The van der Waals surface area contributed by atoms with Gasteiger partial charge in [0.1, 0.15) is 5.82 Å².